The molecule has 10 rings (SSSR count). The van der Waals surface area contributed by atoms with Crippen molar-refractivity contribution in [1.82, 2.24) is 153 Å². The number of H-pyrrole nitrogens is 8. The van der Waals surface area contributed by atoms with Crippen LogP contribution in [0, 0.1) is 40.5 Å². The van der Waals surface area contributed by atoms with Crippen LogP contribution >= 0.6 is 0 Å². The average molecular weight is 1140 g/mol. The number of tetrazole rings is 4. The second-order valence-corrected chi connectivity index (χ2v) is 11.9. The molecule has 0 aliphatic rings. The van der Waals surface area contributed by atoms with E-state index < -0.39 is 20.1 Å². The summed E-state index contributed by atoms with van der Waals surface area (Å²) < 4.78 is 6.55. The number of nitrogens with zero attached hydrogens (tertiary/aromatic N) is 34. The van der Waals surface area contributed by atoms with E-state index in [9.17, 15) is 40.5 Å². The third kappa shape index (κ3) is 17.3. The van der Waals surface area contributed by atoms with E-state index >= 15 is 0 Å². The summed E-state index contributed by atoms with van der Waals surface area (Å²) >= 11 is 0. The number of nitrogens with one attached hydrogen (secondary N) is 8. The summed E-state index contributed by atoms with van der Waals surface area (Å²) in [6.45, 7) is 0. The fourth-order valence-corrected chi connectivity index (χ4v) is 4.00. The Morgan fingerprint density at radius 1 is 0.375 bits per heavy atom. The van der Waals surface area contributed by atoms with Crippen molar-refractivity contribution < 1.29 is 49.8 Å². The molecule has 0 radical (unpaired) electrons. The van der Waals surface area contributed by atoms with E-state index in [1.54, 1.807) is 0 Å². The molecule has 10 aromatic heterocycles. The molecule has 10 heterocycles. The lowest BCUT2D eigenvalue weighted by Crippen LogP contribution is -2.53. The van der Waals surface area contributed by atoms with Crippen LogP contribution in [0.4, 0.5) is 59.5 Å². The maximum atomic E-state index is 9.58. The molecular weight excluding hydrogens is 1110 g/mol. The number of hydrogen-bond donors (Lipinski definition) is 20. The molecule has 0 aromatic carbocycles. The molecule has 0 bridgehead atoms. The first-order valence-electron chi connectivity index (χ1n) is 18.3. The Hall–Kier alpha value is -14.6. The number of nitrogen functional groups attached to an aromatic ring is 12. The van der Waals surface area contributed by atoms with Gasteiger partial charge in [-0.15, -0.1) is 80.3 Å². The van der Waals surface area contributed by atoms with Gasteiger partial charge in [0.15, 0.2) is 0 Å². The standard InChI is InChI=1S/3C4H8N10.4CHN6O2.2H2O/c3*5-3-11-9-1(13(3)7)2-10-12-4(6)14(2)8;4*8-7(9)4-1-2-5-6-3-1;;/h3*7-8H2,(H4,5,6,9,10,11,12);4*(H-,2,3,4,5,6);2*1H2/q;;;4*-1;;/p+4. The maximum Gasteiger partial charge on any atom is 0.396 e. The molecule has 0 aliphatic heterocycles. The van der Waals surface area contributed by atoms with Crippen molar-refractivity contribution in [1.29, 1.82) is 0 Å². The molecule has 64 nitrogen and oxygen atoms in total. The highest BCUT2D eigenvalue weighted by Crippen LogP contribution is 2.11. The van der Waals surface area contributed by atoms with Crippen LogP contribution < -0.4 is 88.2 Å². The summed E-state index contributed by atoms with van der Waals surface area (Å²) in [7, 11) is 0. The minimum absolute atomic E-state index is 0. The second kappa shape index (κ2) is 28.5. The first kappa shape index (κ1) is 61.6. The highest BCUT2D eigenvalue weighted by molar-refractivity contribution is 5.44. The number of nitro groups is 4. The predicted octanol–water partition coefficient (Wildman–Crippen LogP) is -15.0. The summed E-state index contributed by atoms with van der Waals surface area (Å²) in [6.07, 6.45) is 0. The Bertz CT molecular complexity index is 2880. The van der Waals surface area contributed by atoms with E-state index in [2.05, 4.69) is 145 Å². The monoisotopic (exact) mass is 1140 g/mol. The van der Waals surface area contributed by atoms with Crippen molar-refractivity contribution in [2.75, 3.05) is 69.5 Å². The maximum absolute atomic E-state index is 9.58. The first-order chi connectivity index (χ1) is 37.0. The number of anilines is 6. The van der Waals surface area contributed by atoms with Crippen molar-refractivity contribution >= 4 is 59.5 Å². The van der Waals surface area contributed by atoms with Gasteiger partial charge in [-0.3, -0.25) is 64.6 Å². The van der Waals surface area contributed by atoms with Gasteiger partial charge in [-0.1, -0.05) is 21.7 Å². The Morgan fingerprint density at radius 2 is 0.600 bits per heavy atom. The largest absolute Gasteiger partial charge is 0.412 e. The van der Waals surface area contributed by atoms with Gasteiger partial charge in [-0.05, 0) is 0 Å². The van der Waals surface area contributed by atoms with Crippen LogP contribution in [-0.2, 0) is 0 Å². The van der Waals surface area contributed by atoms with Crippen LogP contribution in [0.5, 0.6) is 0 Å². The lowest BCUT2D eigenvalue weighted by atomic mass is 10.6. The topological polar surface area (TPSA) is 1010 Å². The summed E-state index contributed by atoms with van der Waals surface area (Å²) in [6, 6.07) is 0. The molecule has 64 heteroatoms. The van der Waals surface area contributed by atoms with Crippen LogP contribution in [-0.4, -0.2) is 184 Å². The summed E-state index contributed by atoms with van der Waals surface area (Å²) in [5.41, 5.74) is 43.3. The lowest BCUT2D eigenvalue weighted by molar-refractivity contribution is -0.643. The SMILES string of the molecule is Nc1n[nH]c(-c2[nH]nc(N)[n+]2N)[n+]1N.Nc1nnc(-c2[nH]nc(N)[n+]2N)n1N.Nc1nnc(-c2[nH]nc(N)[n+]2N)n1N.O.O.O=[N+]([O-])[N-]c1nn[nH]n1.O=[N+]([O-])[N-]c1nn[nH]n1.O=[N+]([O-])[N-]c1nn[nH]n1.O=[N+]([O-])[N-]c1nn[nH]n1. The minimum Gasteiger partial charge on any atom is -0.412 e. The van der Waals surface area contributed by atoms with Gasteiger partial charge in [0, 0.05) is 20.4 Å². The van der Waals surface area contributed by atoms with Crippen molar-refractivity contribution in [2.45, 2.75) is 0 Å². The molecule has 10 aromatic rings. The Morgan fingerprint density at radius 3 is 0.750 bits per heavy atom. The van der Waals surface area contributed by atoms with E-state index in [1.807, 2.05) is 20.9 Å². The molecule has 0 saturated heterocycles. The van der Waals surface area contributed by atoms with Gasteiger partial charge in [0.1, 0.15) is 43.9 Å². The lowest BCUT2D eigenvalue weighted by Gasteiger charge is -1.96. The van der Waals surface area contributed by atoms with Gasteiger partial charge in [0.2, 0.25) is 23.5 Å². The van der Waals surface area contributed by atoms with E-state index in [0.29, 0.717) is 23.3 Å². The third-order valence-electron chi connectivity index (χ3n) is 7.17. The van der Waals surface area contributed by atoms with Crippen LogP contribution in [0.3, 0.4) is 0 Å². The Kier molecular flexibility index (Phi) is 21.9. The molecule has 0 saturated carbocycles. The second-order valence-electron chi connectivity index (χ2n) is 11.9. The van der Waals surface area contributed by atoms with Crippen LogP contribution in [0.2, 0.25) is 0 Å². The minimum atomic E-state index is -0.898. The number of aromatic nitrogens is 34. The zero-order chi connectivity index (χ0) is 57.6. The van der Waals surface area contributed by atoms with E-state index in [0.717, 1.165) is 28.1 Å². The molecule has 0 fully saturated rings. The van der Waals surface area contributed by atoms with E-state index in [4.69, 9.17) is 69.5 Å². The molecule has 0 spiro atoms. The van der Waals surface area contributed by atoms with E-state index in [1.165, 1.54) is 0 Å². The Balaban J connectivity index is 0.000000321. The van der Waals surface area contributed by atoms with Gasteiger partial charge in [0.25, 0.3) is 11.6 Å². The van der Waals surface area contributed by atoms with Gasteiger partial charge in [-0.2, -0.15) is 0 Å². The predicted molar refractivity (Wildman–Crippen MR) is 244 cm³/mol. The summed E-state index contributed by atoms with van der Waals surface area (Å²) in [4.78, 5) is 38.3. The fourth-order valence-electron chi connectivity index (χ4n) is 4.00. The molecule has 0 aliphatic carbocycles. The number of aromatic amines is 8. The molecule has 0 amide bonds. The summed E-state index contributed by atoms with van der Waals surface area (Å²) in [5.74, 6) is 34.5. The zero-order valence-electron chi connectivity index (χ0n) is 38.4. The molecule has 430 valence electrons. The highest BCUT2D eigenvalue weighted by Gasteiger charge is 2.26. The molecule has 0 atom stereocenters. The zero-order valence-corrected chi connectivity index (χ0v) is 38.4. The van der Waals surface area contributed by atoms with E-state index in [-0.39, 0.29) is 82.1 Å². The smallest absolute Gasteiger partial charge is 0.396 e. The van der Waals surface area contributed by atoms with Crippen molar-refractivity contribution in [2.24, 2.45) is 0 Å². The van der Waals surface area contributed by atoms with Gasteiger partial charge < -0.3 is 57.0 Å². The molecule has 0 unspecified atom stereocenters. The van der Waals surface area contributed by atoms with Gasteiger partial charge in [0.05, 0.1) is 0 Å². The fraction of sp³-hybridized carbons (Fsp3) is 0. The molecule has 36 N–H and O–H groups in total. The van der Waals surface area contributed by atoms with Gasteiger partial charge >= 0.3 is 35.4 Å². The van der Waals surface area contributed by atoms with Crippen molar-refractivity contribution in [3.05, 3.63) is 62.2 Å². The van der Waals surface area contributed by atoms with Crippen LogP contribution in [0.25, 0.3) is 56.6 Å². The average Bonchev–Trinajstić information content (AvgIpc) is 4.23. The van der Waals surface area contributed by atoms with Crippen LogP contribution in [0.1, 0.15) is 0 Å². The normalized spacial score (nSPS) is 9.55. The van der Waals surface area contributed by atoms with Crippen molar-refractivity contribution in [3.8, 4) is 34.9 Å². The number of hydrogen-bond acceptors (Lipinski definition) is 40. The first-order valence-corrected chi connectivity index (χ1v) is 18.3. The molecule has 80 heavy (non-hydrogen) atoms. The van der Waals surface area contributed by atoms with Crippen LogP contribution in [0.15, 0.2) is 0 Å². The number of rotatable bonds is 11. The van der Waals surface area contributed by atoms with Crippen molar-refractivity contribution in [3.63, 3.8) is 0 Å². The summed E-state index contributed by atoms with van der Waals surface area (Å²) in [5, 5.41) is 120. The Labute approximate surface area is 429 Å². The quantitative estimate of drug-likeness (QED) is 0.0247. The molecular formula is C16H36N54O10. The third-order valence-corrected chi connectivity index (χ3v) is 7.17. The highest BCUT2D eigenvalue weighted by atomic mass is 16.7. The number of nitrogens with two attached hydrogens (primary N) is 12. The van der Waals surface area contributed by atoms with Gasteiger partial charge in [-0.25, -0.2) is 70.2 Å².